The number of anilines is 1. The molecule has 150 valence electrons. The Morgan fingerprint density at radius 2 is 2.18 bits per heavy atom. The predicted octanol–water partition coefficient (Wildman–Crippen LogP) is 2.61. The van der Waals surface area contributed by atoms with Gasteiger partial charge in [0.05, 0.1) is 32.7 Å². The van der Waals surface area contributed by atoms with Crippen LogP contribution in [0.5, 0.6) is 5.75 Å². The highest BCUT2D eigenvalue weighted by atomic mass is 16.5. The first kappa shape index (κ1) is 18.0. The normalized spacial score (nSPS) is 41.6. The molecule has 0 radical (unpaired) electrons. The molecule has 1 aromatic rings. The van der Waals surface area contributed by atoms with Gasteiger partial charge in [0.1, 0.15) is 18.3 Å². The Bertz CT molecular complexity index is 883. The number of ether oxygens (including phenoxy) is 2. The Kier molecular flexibility index (Phi) is 3.69. The van der Waals surface area contributed by atoms with E-state index in [9.17, 15) is 10.0 Å². The van der Waals surface area contributed by atoms with Crippen LogP contribution in [-0.4, -0.2) is 57.1 Å². The number of quaternary nitrogens is 1. The Balaban J connectivity index is 1.78. The molecule has 3 aliphatic heterocycles. The standard InChI is InChI=1S/C22H28N2O4/c1-5-13-12-24(26)9-8-22-16-7-6-14(27-3)10-17(16)23(2)20(22)18(24)11-15(13)19(22)21(25)28-4/h5-7,10,15,18-20H,8-9,11-12H2,1-4H3/b13-5-/t15?,18?,19?,20-,22-,24?/m0/s1. The summed E-state index contributed by atoms with van der Waals surface area (Å²) in [7, 11) is 5.22. The molecule has 2 saturated heterocycles. The van der Waals surface area contributed by atoms with Crippen molar-refractivity contribution < 1.29 is 18.9 Å². The van der Waals surface area contributed by atoms with Crippen molar-refractivity contribution in [2.24, 2.45) is 11.8 Å². The molecule has 3 fully saturated rings. The molecule has 1 aliphatic carbocycles. The number of methoxy groups -OCH3 is 2. The number of fused-ring (bicyclic) bond motifs is 2. The van der Waals surface area contributed by atoms with Gasteiger partial charge in [-0.1, -0.05) is 12.1 Å². The van der Waals surface area contributed by atoms with Crippen LogP contribution >= 0.6 is 0 Å². The van der Waals surface area contributed by atoms with Crippen LogP contribution in [0.15, 0.2) is 29.8 Å². The molecule has 6 atom stereocenters. The highest BCUT2D eigenvalue weighted by Gasteiger charge is 2.72. The zero-order valence-corrected chi connectivity index (χ0v) is 17.0. The van der Waals surface area contributed by atoms with Crippen molar-refractivity contribution >= 4 is 11.7 Å². The summed E-state index contributed by atoms with van der Waals surface area (Å²) in [6.07, 6.45) is 3.54. The number of esters is 1. The Hall–Kier alpha value is -2.05. The van der Waals surface area contributed by atoms with Crippen LogP contribution in [-0.2, 0) is 14.9 Å². The average molecular weight is 384 g/mol. The summed E-state index contributed by atoms with van der Waals surface area (Å²) in [5.41, 5.74) is 3.01. The first-order chi connectivity index (χ1) is 13.4. The largest absolute Gasteiger partial charge is 0.632 e. The molecule has 0 aromatic heterocycles. The number of allylic oxidation sites excluding steroid dienone is 1. The SMILES string of the molecule is C/C=C1/C[N+]2([O-])CC[C@@]34c5ccc(OC)cc5N(C)[C@H]3C2CC1C4C(=O)OC. The lowest BCUT2D eigenvalue weighted by atomic mass is 9.50. The molecule has 5 rings (SSSR count). The van der Waals surface area contributed by atoms with Gasteiger partial charge in [0.15, 0.2) is 0 Å². The molecule has 4 unspecified atom stereocenters. The van der Waals surface area contributed by atoms with Crippen molar-refractivity contribution in [3.05, 3.63) is 40.6 Å². The average Bonchev–Trinajstić information content (AvgIpc) is 2.97. The molecule has 6 heteroatoms. The third-order valence-electron chi connectivity index (χ3n) is 8.11. The topological polar surface area (TPSA) is 61.8 Å². The summed E-state index contributed by atoms with van der Waals surface area (Å²) < 4.78 is 10.7. The van der Waals surface area contributed by atoms with E-state index in [-0.39, 0.29) is 40.0 Å². The number of hydroxylamine groups is 3. The van der Waals surface area contributed by atoms with E-state index >= 15 is 0 Å². The van der Waals surface area contributed by atoms with E-state index in [1.807, 2.05) is 13.0 Å². The van der Waals surface area contributed by atoms with Crippen LogP contribution < -0.4 is 9.64 Å². The van der Waals surface area contributed by atoms with Gasteiger partial charge < -0.3 is 24.2 Å². The number of piperidine rings is 2. The predicted molar refractivity (Wildman–Crippen MR) is 106 cm³/mol. The number of carbonyl (C=O) groups excluding carboxylic acids is 1. The van der Waals surface area contributed by atoms with Crippen LogP contribution in [0, 0.1) is 17.0 Å². The van der Waals surface area contributed by atoms with Crippen LogP contribution in [0.25, 0.3) is 0 Å². The number of hydrogen-bond donors (Lipinski definition) is 0. The highest BCUT2D eigenvalue weighted by molar-refractivity contribution is 5.80. The summed E-state index contributed by atoms with van der Waals surface area (Å²) >= 11 is 0. The second-order valence-electron chi connectivity index (χ2n) is 8.84. The van der Waals surface area contributed by atoms with E-state index in [4.69, 9.17) is 9.47 Å². The lowest BCUT2D eigenvalue weighted by Crippen LogP contribution is -2.77. The van der Waals surface area contributed by atoms with Crippen LogP contribution in [0.3, 0.4) is 0 Å². The highest BCUT2D eigenvalue weighted by Crippen LogP contribution is 2.65. The maximum Gasteiger partial charge on any atom is 0.310 e. The minimum atomic E-state index is -0.377. The van der Waals surface area contributed by atoms with Gasteiger partial charge in [-0.2, -0.15) is 0 Å². The lowest BCUT2D eigenvalue weighted by molar-refractivity contribution is -0.916. The van der Waals surface area contributed by atoms with Crippen molar-refractivity contribution in [1.82, 2.24) is 0 Å². The number of likely N-dealkylation sites (N-methyl/N-ethyl adjacent to an activating group) is 1. The number of hydrogen-bond acceptors (Lipinski definition) is 5. The number of nitrogens with zero attached hydrogens (tertiary/aromatic N) is 2. The molecular formula is C22H28N2O4. The Morgan fingerprint density at radius 1 is 1.39 bits per heavy atom. The zero-order valence-electron chi connectivity index (χ0n) is 17.0. The quantitative estimate of drug-likeness (QED) is 0.339. The van der Waals surface area contributed by atoms with E-state index in [0.717, 1.165) is 23.4 Å². The first-order valence-electron chi connectivity index (χ1n) is 10.1. The summed E-state index contributed by atoms with van der Waals surface area (Å²) in [5.74, 6) is 0.489. The minimum Gasteiger partial charge on any atom is -0.632 e. The van der Waals surface area contributed by atoms with Crippen LogP contribution in [0.4, 0.5) is 5.69 Å². The maximum atomic E-state index is 13.9. The van der Waals surface area contributed by atoms with Gasteiger partial charge in [0.25, 0.3) is 0 Å². The van der Waals surface area contributed by atoms with E-state index < -0.39 is 0 Å². The van der Waals surface area contributed by atoms with E-state index in [1.165, 1.54) is 12.7 Å². The van der Waals surface area contributed by atoms with Gasteiger partial charge in [0, 0.05) is 43.0 Å². The molecule has 4 aliphatic rings. The second kappa shape index (κ2) is 5.74. The lowest BCUT2D eigenvalue weighted by Gasteiger charge is -2.68. The molecule has 3 heterocycles. The number of rotatable bonds is 2. The van der Waals surface area contributed by atoms with Crippen molar-refractivity contribution in [2.75, 3.05) is 39.3 Å². The molecular weight excluding hydrogens is 356 g/mol. The van der Waals surface area contributed by atoms with E-state index in [1.54, 1.807) is 7.11 Å². The Labute approximate surface area is 165 Å². The van der Waals surface area contributed by atoms with Gasteiger partial charge >= 0.3 is 5.97 Å². The summed E-state index contributed by atoms with van der Waals surface area (Å²) in [6, 6.07) is 6.13. The van der Waals surface area contributed by atoms with Crippen molar-refractivity contribution in [3.63, 3.8) is 0 Å². The summed E-state index contributed by atoms with van der Waals surface area (Å²) in [4.78, 5) is 15.4. The molecule has 0 N–H and O–H groups in total. The van der Waals surface area contributed by atoms with Crippen molar-refractivity contribution in [3.8, 4) is 5.75 Å². The van der Waals surface area contributed by atoms with Gasteiger partial charge in [-0.3, -0.25) is 4.79 Å². The number of benzene rings is 1. The second-order valence-corrected chi connectivity index (χ2v) is 8.84. The first-order valence-corrected chi connectivity index (χ1v) is 10.1. The number of carbonyl (C=O) groups is 1. The molecule has 3 bridgehead atoms. The van der Waals surface area contributed by atoms with Gasteiger partial charge in [-0.25, -0.2) is 0 Å². The molecule has 1 aromatic carbocycles. The molecule has 0 spiro atoms. The summed E-state index contributed by atoms with van der Waals surface area (Å²) in [6.45, 7) is 3.05. The monoisotopic (exact) mass is 384 g/mol. The fourth-order valence-electron chi connectivity index (χ4n) is 7.04. The molecule has 1 saturated carbocycles. The Morgan fingerprint density at radius 3 is 2.86 bits per heavy atom. The smallest absolute Gasteiger partial charge is 0.310 e. The van der Waals surface area contributed by atoms with Crippen LogP contribution in [0.2, 0.25) is 0 Å². The molecule has 6 nitrogen and oxygen atoms in total. The zero-order chi connectivity index (χ0) is 19.8. The van der Waals surface area contributed by atoms with E-state index in [0.29, 0.717) is 19.5 Å². The van der Waals surface area contributed by atoms with Crippen molar-refractivity contribution in [1.29, 1.82) is 0 Å². The maximum absolute atomic E-state index is 13.9. The van der Waals surface area contributed by atoms with Gasteiger partial charge in [-0.15, -0.1) is 0 Å². The third kappa shape index (κ3) is 1.93. The molecule has 28 heavy (non-hydrogen) atoms. The third-order valence-corrected chi connectivity index (χ3v) is 8.11. The van der Waals surface area contributed by atoms with Crippen molar-refractivity contribution in [2.45, 2.75) is 37.3 Å². The molecule has 0 amide bonds. The van der Waals surface area contributed by atoms with Gasteiger partial charge in [-0.05, 0) is 24.1 Å². The van der Waals surface area contributed by atoms with Gasteiger partial charge in [0.2, 0.25) is 0 Å². The minimum absolute atomic E-state index is 0.0135. The fraction of sp³-hybridized carbons (Fsp3) is 0.591. The summed E-state index contributed by atoms with van der Waals surface area (Å²) in [5, 5.41) is 13.9. The van der Waals surface area contributed by atoms with E-state index in [2.05, 4.69) is 30.2 Å². The van der Waals surface area contributed by atoms with Crippen LogP contribution in [0.1, 0.15) is 25.3 Å². The fourth-order valence-corrected chi connectivity index (χ4v) is 7.04.